The summed E-state index contributed by atoms with van der Waals surface area (Å²) >= 11 is 5.97. The molecule has 0 spiro atoms. The molecule has 1 aromatic rings. The van der Waals surface area contributed by atoms with E-state index in [1.54, 1.807) is 12.1 Å². The predicted octanol–water partition coefficient (Wildman–Crippen LogP) is 2.69. The average Bonchev–Trinajstić information content (AvgIpc) is 2.05. The van der Waals surface area contributed by atoms with Crippen LogP contribution >= 0.6 is 11.6 Å². The standard InChI is InChI=1S/C11H14ClNO/c12-11-6-10(14)5-4-8(11)7-13-9-2-1-3-9/h4-6,9,13-14H,1-3,7H2. The number of aromatic hydroxyl groups is 1. The molecule has 14 heavy (non-hydrogen) atoms. The molecule has 0 heterocycles. The normalized spacial score (nSPS) is 16.6. The fourth-order valence-electron chi connectivity index (χ4n) is 1.55. The Bertz CT molecular complexity index is 323. The molecule has 1 aromatic carbocycles. The van der Waals surface area contributed by atoms with Gasteiger partial charge in [-0.15, -0.1) is 0 Å². The highest BCUT2D eigenvalue weighted by Gasteiger charge is 2.16. The van der Waals surface area contributed by atoms with Crippen molar-refractivity contribution in [1.29, 1.82) is 0 Å². The van der Waals surface area contributed by atoms with E-state index in [1.807, 2.05) is 6.07 Å². The third-order valence-corrected chi connectivity index (χ3v) is 3.07. The van der Waals surface area contributed by atoms with Gasteiger partial charge in [-0.1, -0.05) is 24.1 Å². The average molecular weight is 212 g/mol. The summed E-state index contributed by atoms with van der Waals surface area (Å²) < 4.78 is 0. The van der Waals surface area contributed by atoms with Gasteiger partial charge in [0.25, 0.3) is 0 Å². The lowest BCUT2D eigenvalue weighted by atomic mass is 9.93. The van der Waals surface area contributed by atoms with Gasteiger partial charge in [-0.25, -0.2) is 0 Å². The smallest absolute Gasteiger partial charge is 0.117 e. The molecule has 76 valence electrons. The summed E-state index contributed by atoms with van der Waals surface area (Å²) in [5.74, 6) is 0.224. The molecule has 2 nitrogen and oxygen atoms in total. The summed E-state index contributed by atoms with van der Waals surface area (Å²) in [5.41, 5.74) is 1.05. The molecule has 0 radical (unpaired) electrons. The number of phenols is 1. The molecule has 0 amide bonds. The highest BCUT2D eigenvalue weighted by Crippen LogP contribution is 2.23. The van der Waals surface area contributed by atoms with Crippen LogP contribution in [0.2, 0.25) is 5.02 Å². The fraction of sp³-hybridized carbons (Fsp3) is 0.455. The van der Waals surface area contributed by atoms with E-state index in [-0.39, 0.29) is 5.75 Å². The molecule has 1 fully saturated rings. The van der Waals surface area contributed by atoms with Crippen molar-refractivity contribution in [2.75, 3.05) is 0 Å². The van der Waals surface area contributed by atoms with Gasteiger partial charge < -0.3 is 10.4 Å². The molecule has 0 saturated heterocycles. The molecule has 0 unspecified atom stereocenters. The summed E-state index contributed by atoms with van der Waals surface area (Å²) in [6.07, 6.45) is 3.88. The van der Waals surface area contributed by atoms with Gasteiger partial charge in [-0.3, -0.25) is 0 Å². The Balaban J connectivity index is 1.94. The number of phenolic OH excluding ortho intramolecular Hbond substituents is 1. The van der Waals surface area contributed by atoms with E-state index in [2.05, 4.69) is 5.32 Å². The van der Waals surface area contributed by atoms with Gasteiger partial charge in [0.05, 0.1) is 0 Å². The zero-order valence-corrected chi connectivity index (χ0v) is 8.72. The highest BCUT2D eigenvalue weighted by atomic mass is 35.5. The van der Waals surface area contributed by atoms with Gasteiger partial charge in [0.15, 0.2) is 0 Å². The van der Waals surface area contributed by atoms with E-state index < -0.39 is 0 Å². The van der Waals surface area contributed by atoms with Crippen molar-refractivity contribution in [2.24, 2.45) is 0 Å². The number of rotatable bonds is 3. The molecule has 0 aliphatic heterocycles. The van der Waals surface area contributed by atoms with Crippen LogP contribution in [-0.2, 0) is 6.54 Å². The number of halogens is 1. The van der Waals surface area contributed by atoms with Crippen molar-refractivity contribution in [3.63, 3.8) is 0 Å². The maximum atomic E-state index is 9.17. The molecule has 2 rings (SSSR count). The topological polar surface area (TPSA) is 32.3 Å². The first-order valence-corrected chi connectivity index (χ1v) is 5.34. The largest absolute Gasteiger partial charge is 0.508 e. The minimum Gasteiger partial charge on any atom is -0.508 e. The van der Waals surface area contributed by atoms with Gasteiger partial charge >= 0.3 is 0 Å². The van der Waals surface area contributed by atoms with Gasteiger partial charge in [0.2, 0.25) is 0 Å². The Morgan fingerprint density at radius 3 is 2.79 bits per heavy atom. The van der Waals surface area contributed by atoms with Gasteiger partial charge in [-0.05, 0) is 30.5 Å². The van der Waals surface area contributed by atoms with Crippen LogP contribution < -0.4 is 5.32 Å². The molecule has 0 atom stereocenters. The second-order valence-electron chi connectivity index (χ2n) is 3.78. The lowest BCUT2D eigenvalue weighted by Crippen LogP contribution is -2.34. The zero-order valence-electron chi connectivity index (χ0n) is 7.96. The lowest BCUT2D eigenvalue weighted by Gasteiger charge is -2.26. The molecule has 1 saturated carbocycles. The molecule has 1 aliphatic rings. The Morgan fingerprint density at radius 1 is 1.43 bits per heavy atom. The van der Waals surface area contributed by atoms with E-state index in [0.717, 1.165) is 12.1 Å². The number of nitrogens with one attached hydrogen (secondary N) is 1. The minimum absolute atomic E-state index is 0.224. The van der Waals surface area contributed by atoms with Crippen LogP contribution in [0.15, 0.2) is 18.2 Å². The first-order chi connectivity index (χ1) is 6.75. The lowest BCUT2D eigenvalue weighted by molar-refractivity contribution is 0.338. The summed E-state index contributed by atoms with van der Waals surface area (Å²) in [5, 5.41) is 13.2. The maximum Gasteiger partial charge on any atom is 0.117 e. The van der Waals surface area contributed by atoms with Crippen molar-refractivity contribution in [2.45, 2.75) is 31.8 Å². The van der Waals surface area contributed by atoms with Crippen molar-refractivity contribution in [1.82, 2.24) is 5.32 Å². The quantitative estimate of drug-likeness (QED) is 0.806. The maximum absolute atomic E-state index is 9.17. The molecule has 2 N–H and O–H groups in total. The molecular formula is C11H14ClNO. The second kappa shape index (κ2) is 4.20. The fourth-order valence-corrected chi connectivity index (χ4v) is 1.79. The third kappa shape index (κ3) is 2.20. The van der Waals surface area contributed by atoms with Gasteiger partial charge in [0.1, 0.15) is 5.75 Å². The van der Waals surface area contributed by atoms with Crippen LogP contribution in [0.1, 0.15) is 24.8 Å². The summed E-state index contributed by atoms with van der Waals surface area (Å²) in [6, 6.07) is 5.78. The van der Waals surface area contributed by atoms with Crippen molar-refractivity contribution < 1.29 is 5.11 Å². The summed E-state index contributed by atoms with van der Waals surface area (Å²) in [6.45, 7) is 0.795. The number of benzene rings is 1. The van der Waals surface area contributed by atoms with Crippen LogP contribution in [0.4, 0.5) is 0 Å². The number of hydrogen-bond acceptors (Lipinski definition) is 2. The molecule has 1 aliphatic carbocycles. The van der Waals surface area contributed by atoms with E-state index in [0.29, 0.717) is 11.1 Å². The molecule has 0 bridgehead atoms. The summed E-state index contributed by atoms with van der Waals surface area (Å²) in [4.78, 5) is 0. The highest BCUT2D eigenvalue weighted by molar-refractivity contribution is 6.31. The summed E-state index contributed by atoms with van der Waals surface area (Å²) in [7, 11) is 0. The van der Waals surface area contributed by atoms with Crippen LogP contribution in [0.3, 0.4) is 0 Å². The van der Waals surface area contributed by atoms with Crippen LogP contribution in [0.25, 0.3) is 0 Å². The molecule has 0 aromatic heterocycles. The van der Waals surface area contributed by atoms with E-state index in [9.17, 15) is 0 Å². The first kappa shape index (κ1) is 9.81. The van der Waals surface area contributed by atoms with Crippen LogP contribution in [-0.4, -0.2) is 11.1 Å². The second-order valence-corrected chi connectivity index (χ2v) is 4.19. The van der Waals surface area contributed by atoms with Gasteiger partial charge in [0, 0.05) is 17.6 Å². The minimum atomic E-state index is 0.224. The zero-order chi connectivity index (χ0) is 9.97. The van der Waals surface area contributed by atoms with E-state index in [1.165, 1.54) is 19.3 Å². The SMILES string of the molecule is Oc1ccc(CNC2CCC2)c(Cl)c1. The predicted molar refractivity (Wildman–Crippen MR) is 57.6 cm³/mol. The number of hydrogen-bond donors (Lipinski definition) is 2. The third-order valence-electron chi connectivity index (χ3n) is 2.72. The van der Waals surface area contributed by atoms with Gasteiger partial charge in [-0.2, -0.15) is 0 Å². The van der Waals surface area contributed by atoms with E-state index >= 15 is 0 Å². The molecule has 3 heteroatoms. The molecular weight excluding hydrogens is 198 g/mol. The monoisotopic (exact) mass is 211 g/mol. The Hall–Kier alpha value is -0.730. The Kier molecular flexibility index (Phi) is 2.94. The van der Waals surface area contributed by atoms with Crippen molar-refractivity contribution in [3.05, 3.63) is 28.8 Å². The van der Waals surface area contributed by atoms with Crippen molar-refractivity contribution >= 4 is 11.6 Å². The van der Waals surface area contributed by atoms with Crippen molar-refractivity contribution in [3.8, 4) is 5.75 Å². The first-order valence-electron chi connectivity index (χ1n) is 4.96. The van der Waals surface area contributed by atoms with E-state index in [4.69, 9.17) is 16.7 Å². The van der Waals surface area contributed by atoms with Crippen LogP contribution in [0.5, 0.6) is 5.75 Å². The Morgan fingerprint density at radius 2 is 2.21 bits per heavy atom. The Labute approximate surface area is 88.9 Å². The van der Waals surface area contributed by atoms with Crippen LogP contribution in [0, 0.1) is 0 Å².